The Hall–Kier alpha value is -2.19. The normalized spacial score (nSPS) is 11.2. The van der Waals surface area contributed by atoms with E-state index in [1.54, 1.807) is 19.1 Å². The zero-order chi connectivity index (χ0) is 19.5. The van der Waals surface area contributed by atoms with Crippen molar-refractivity contribution < 1.29 is 22.7 Å². The van der Waals surface area contributed by atoms with Gasteiger partial charge in [-0.1, -0.05) is 12.1 Å². The van der Waals surface area contributed by atoms with Gasteiger partial charge in [0.2, 0.25) is 5.91 Å². The van der Waals surface area contributed by atoms with Crippen LogP contribution in [-0.4, -0.2) is 33.2 Å². The lowest BCUT2D eigenvalue weighted by Crippen LogP contribution is -2.16. The second kappa shape index (κ2) is 8.01. The number of carbonyl (C=O) groups is 2. The molecule has 0 bridgehead atoms. The summed E-state index contributed by atoms with van der Waals surface area (Å²) in [6.45, 7) is 5.68. The first-order valence-corrected chi connectivity index (χ1v) is 10.7. The molecule has 1 N–H and O–H groups in total. The van der Waals surface area contributed by atoms with Crippen molar-refractivity contribution in [2.75, 3.05) is 18.2 Å². The molecule has 0 atom stereocenters. The molecule has 1 aromatic heterocycles. The van der Waals surface area contributed by atoms with Gasteiger partial charge < -0.3 is 10.1 Å². The maximum atomic E-state index is 12.3. The second-order valence-corrected chi connectivity index (χ2v) is 9.09. The van der Waals surface area contributed by atoms with Gasteiger partial charge in [-0.2, -0.15) is 0 Å². The summed E-state index contributed by atoms with van der Waals surface area (Å²) < 4.78 is 28.0. The van der Waals surface area contributed by atoms with Crippen LogP contribution in [0.3, 0.4) is 0 Å². The first kappa shape index (κ1) is 20.1. The van der Waals surface area contributed by atoms with E-state index in [9.17, 15) is 18.0 Å². The van der Waals surface area contributed by atoms with Gasteiger partial charge in [-0.3, -0.25) is 4.79 Å². The van der Waals surface area contributed by atoms with Gasteiger partial charge in [0.15, 0.2) is 9.84 Å². The van der Waals surface area contributed by atoms with E-state index in [2.05, 4.69) is 5.32 Å². The minimum absolute atomic E-state index is 0.0717. The lowest BCUT2D eigenvalue weighted by atomic mass is 10.1. The monoisotopic (exact) mass is 395 g/mol. The number of anilines is 1. The van der Waals surface area contributed by atoms with Gasteiger partial charge in [0.05, 0.1) is 23.5 Å². The van der Waals surface area contributed by atoms with E-state index in [0.29, 0.717) is 16.1 Å². The Morgan fingerprint density at radius 1 is 1.15 bits per heavy atom. The largest absolute Gasteiger partial charge is 0.462 e. The number of benzene rings is 1. The third-order valence-electron chi connectivity index (χ3n) is 3.83. The molecular formula is C18H21NO5S2. The Kier molecular flexibility index (Phi) is 6.20. The van der Waals surface area contributed by atoms with Gasteiger partial charge >= 0.3 is 5.97 Å². The number of aryl methyl sites for hydroxylation is 1. The van der Waals surface area contributed by atoms with Crippen molar-refractivity contribution in [3.63, 3.8) is 0 Å². The summed E-state index contributed by atoms with van der Waals surface area (Å²) in [7, 11) is -3.27. The summed E-state index contributed by atoms with van der Waals surface area (Å²) in [6, 6.07) is 6.16. The molecule has 0 aliphatic heterocycles. The summed E-state index contributed by atoms with van der Waals surface area (Å²) in [6.07, 6.45) is 1.20. The molecule has 6 nitrogen and oxygen atoms in total. The van der Waals surface area contributed by atoms with E-state index in [4.69, 9.17) is 4.74 Å². The van der Waals surface area contributed by atoms with Crippen molar-refractivity contribution in [2.24, 2.45) is 0 Å². The lowest BCUT2D eigenvalue weighted by molar-refractivity contribution is -0.115. The third-order valence-corrected chi connectivity index (χ3v) is 6.09. The molecule has 1 aromatic carbocycles. The minimum Gasteiger partial charge on any atom is -0.462 e. The highest BCUT2D eigenvalue weighted by molar-refractivity contribution is 7.90. The predicted molar refractivity (Wildman–Crippen MR) is 102 cm³/mol. The lowest BCUT2D eigenvalue weighted by Gasteiger charge is -2.07. The van der Waals surface area contributed by atoms with Gasteiger partial charge in [0.1, 0.15) is 5.00 Å². The number of rotatable bonds is 6. The van der Waals surface area contributed by atoms with Crippen molar-refractivity contribution in [2.45, 2.75) is 32.1 Å². The van der Waals surface area contributed by atoms with Crippen molar-refractivity contribution in [3.05, 3.63) is 45.8 Å². The Balaban J connectivity index is 2.15. The summed E-state index contributed by atoms with van der Waals surface area (Å²) in [5, 5.41) is 3.23. The molecular weight excluding hydrogens is 374 g/mol. The van der Waals surface area contributed by atoms with Gasteiger partial charge in [0.25, 0.3) is 0 Å². The standard InChI is InChI=1S/C18H21NO5S2/c1-5-24-18(21)16-11(2)12(3)25-17(16)19-15(20)10-13-6-8-14(9-7-13)26(4,22)23/h6-9H,5,10H2,1-4H3,(H,19,20). The van der Waals surface area contributed by atoms with Crippen LogP contribution in [0.15, 0.2) is 29.2 Å². The molecule has 0 saturated carbocycles. The summed E-state index contributed by atoms with van der Waals surface area (Å²) in [4.78, 5) is 25.6. The number of esters is 1. The van der Waals surface area contributed by atoms with Crippen molar-refractivity contribution in [1.29, 1.82) is 0 Å². The van der Waals surface area contributed by atoms with Crippen LogP contribution >= 0.6 is 11.3 Å². The van der Waals surface area contributed by atoms with Crippen LogP contribution in [0.25, 0.3) is 0 Å². The van der Waals surface area contributed by atoms with E-state index in [1.807, 2.05) is 13.8 Å². The number of thiophene rings is 1. The molecule has 0 unspecified atom stereocenters. The van der Waals surface area contributed by atoms with Gasteiger partial charge in [-0.15, -0.1) is 11.3 Å². The van der Waals surface area contributed by atoms with Crippen LogP contribution in [0, 0.1) is 13.8 Å². The van der Waals surface area contributed by atoms with Crippen molar-refractivity contribution in [1.82, 2.24) is 0 Å². The van der Waals surface area contributed by atoms with Crippen LogP contribution in [0.5, 0.6) is 0 Å². The second-order valence-electron chi connectivity index (χ2n) is 5.85. The van der Waals surface area contributed by atoms with Crippen LogP contribution in [0.2, 0.25) is 0 Å². The highest BCUT2D eigenvalue weighted by atomic mass is 32.2. The number of ether oxygens (including phenoxy) is 1. The molecule has 0 aliphatic carbocycles. The van der Waals surface area contributed by atoms with Crippen molar-refractivity contribution in [3.8, 4) is 0 Å². The van der Waals surface area contributed by atoms with Gasteiger partial charge in [-0.05, 0) is 44.0 Å². The Morgan fingerprint density at radius 2 is 1.77 bits per heavy atom. The molecule has 0 saturated heterocycles. The predicted octanol–water partition coefficient (Wildman–Crippen LogP) is 3.13. The van der Waals surface area contributed by atoms with E-state index >= 15 is 0 Å². The highest BCUT2D eigenvalue weighted by Crippen LogP contribution is 2.33. The number of nitrogens with one attached hydrogen (secondary N) is 1. The molecule has 0 radical (unpaired) electrons. The molecule has 2 rings (SSSR count). The van der Waals surface area contributed by atoms with E-state index in [1.165, 1.54) is 23.5 Å². The van der Waals surface area contributed by atoms with Crippen LogP contribution < -0.4 is 5.32 Å². The fourth-order valence-electron chi connectivity index (χ4n) is 2.37. The summed E-state index contributed by atoms with van der Waals surface area (Å²) in [5.74, 6) is -0.744. The first-order chi connectivity index (χ1) is 12.1. The molecule has 1 amide bonds. The average Bonchev–Trinajstić information content (AvgIpc) is 2.81. The van der Waals surface area contributed by atoms with Crippen molar-refractivity contribution >= 4 is 38.1 Å². The quantitative estimate of drug-likeness (QED) is 0.759. The Bertz CT molecular complexity index is 927. The van der Waals surface area contributed by atoms with E-state index < -0.39 is 15.8 Å². The molecule has 140 valence electrons. The zero-order valence-corrected chi connectivity index (χ0v) is 16.7. The molecule has 0 fully saturated rings. The minimum atomic E-state index is -3.27. The smallest absolute Gasteiger partial charge is 0.341 e. The number of carbonyl (C=O) groups excluding carboxylic acids is 2. The van der Waals surface area contributed by atoms with Crippen LogP contribution in [0.4, 0.5) is 5.00 Å². The molecule has 2 aromatic rings. The summed E-state index contributed by atoms with van der Waals surface area (Å²) >= 11 is 1.33. The number of sulfone groups is 1. The van der Waals surface area contributed by atoms with Gasteiger partial charge in [-0.25, -0.2) is 13.2 Å². The van der Waals surface area contributed by atoms with Crippen LogP contribution in [-0.2, 0) is 25.8 Å². The maximum Gasteiger partial charge on any atom is 0.341 e. The first-order valence-electron chi connectivity index (χ1n) is 7.99. The number of hydrogen-bond acceptors (Lipinski definition) is 6. The van der Waals surface area contributed by atoms with Gasteiger partial charge in [0, 0.05) is 11.1 Å². The SMILES string of the molecule is CCOC(=O)c1c(NC(=O)Cc2ccc(S(C)(=O)=O)cc2)sc(C)c1C. The fourth-order valence-corrected chi connectivity index (χ4v) is 4.07. The van der Waals surface area contributed by atoms with E-state index in [0.717, 1.165) is 16.7 Å². The average molecular weight is 396 g/mol. The Morgan fingerprint density at radius 3 is 2.31 bits per heavy atom. The highest BCUT2D eigenvalue weighted by Gasteiger charge is 2.22. The molecule has 0 spiro atoms. The topological polar surface area (TPSA) is 89.5 Å². The third kappa shape index (κ3) is 4.70. The zero-order valence-electron chi connectivity index (χ0n) is 15.1. The Labute approximate surface area is 157 Å². The number of hydrogen-bond donors (Lipinski definition) is 1. The van der Waals surface area contributed by atoms with Crippen LogP contribution in [0.1, 0.15) is 33.3 Å². The summed E-state index contributed by atoms with van der Waals surface area (Å²) in [5.41, 5.74) is 1.86. The molecule has 8 heteroatoms. The molecule has 0 aliphatic rings. The molecule has 26 heavy (non-hydrogen) atoms. The number of amides is 1. The molecule has 1 heterocycles. The maximum absolute atomic E-state index is 12.3. The van der Waals surface area contributed by atoms with E-state index in [-0.39, 0.29) is 23.8 Å². The fraction of sp³-hybridized carbons (Fsp3) is 0.333.